The summed E-state index contributed by atoms with van der Waals surface area (Å²) in [7, 11) is 0. The lowest BCUT2D eigenvalue weighted by molar-refractivity contribution is -0.125. The minimum Gasteiger partial charge on any atom is -0.372 e. The van der Waals surface area contributed by atoms with Gasteiger partial charge in [0.1, 0.15) is 0 Å². The van der Waals surface area contributed by atoms with Crippen molar-refractivity contribution in [3.05, 3.63) is 71.8 Å². The molecule has 2 aromatic carbocycles. The Labute approximate surface area is 104 Å². The maximum atomic E-state index is 11.6. The molecule has 0 fully saturated rings. The molecule has 2 rings (SSSR count). The highest BCUT2D eigenvalue weighted by atomic mass is 35.5. The van der Waals surface area contributed by atoms with Gasteiger partial charge in [0.15, 0.2) is 5.60 Å². The van der Waals surface area contributed by atoms with E-state index in [-0.39, 0.29) is 0 Å². The fourth-order valence-corrected chi connectivity index (χ4v) is 1.97. The number of benzene rings is 2. The van der Waals surface area contributed by atoms with E-state index in [9.17, 15) is 9.90 Å². The molecule has 0 spiro atoms. The molecule has 0 saturated heterocycles. The molecule has 2 aromatic rings. The molecule has 0 radical (unpaired) electrons. The second-order valence-corrected chi connectivity index (χ2v) is 4.06. The Morgan fingerprint density at radius 3 is 1.53 bits per heavy atom. The molecule has 2 nitrogen and oxygen atoms in total. The SMILES string of the molecule is O=C(Cl)C(O)(c1ccccc1)c1ccccc1. The Balaban J connectivity index is 2.59. The Hall–Kier alpha value is -1.64. The van der Waals surface area contributed by atoms with Gasteiger partial charge < -0.3 is 5.11 Å². The smallest absolute Gasteiger partial charge is 0.262 e. The van der Waals surface area contributed by atoms with Crippen LogP contribution in [0, 0.1) is 0 Å². The highest BCUT2D eigenvalue weighted by Gasteiger charge is 2.38. The van der Waals surface area contributed by atoms with Crippen LogP contribution in [0.3, 0.4) is 0 Å². The van der Waals surface area contributed by atoms with Gasteiger partial charge in [0, 0.05) is 0 Å². The molecular formula is C14H11ClO2. The van der Waals surface area contributed by atoms with Crippen LogP contribution in [-0.2, 0) is 10.4 Å². The molecule has 0 atom stereocenters. The standard InChI is InChI=1S/C14H11ClO2/c15-13(16)14(17,11-7-3-1-4-8-11)12-9-5-2-6-10-12/h1-10,17H. The zero-order chi connectivity index (χ0) is 12.3. The Morgan fingerprint density at radius 1 is 0.882 bits per heavy atom. The summed E-state index contributed by atoms with van der Waals surface area (Å²) >= 11 is 5.57. The summed E-state index contributed by atoms with van der Waals surface area (Å²) in [6, 6.07) is 17.3. The van der Waals surface area contributed by atoms with E-state index in [0.29, 0.717) is 11.1 Å². The van der Waals surface area contributed by atoms with E-state index in [0.717, 1.165) is 0 Å². The van der Waals surface area contributed by atoms with Crippen molar-refractivity contribution < 1.29 is 9.90 Å². The Morgan fingerprint density at radius 2 is 1.24 bits per heavy atom. The zero-order valence-electron chi connectivity index (χ0n) is 9.01. The largest absolute Gasteiger partial charge is 0.372 e. The number of hydrogen-bond acceptors (Lipinski definition) is 2. The van der Waals surface area contributed by atoms with Gasteiger partial charge in [-0.05, 0) is 22.7 Å². The normalized spacial score (nSPS) is 11.2. The first-order valence-corrected chi connectivity index (χ1v) is 5.57. The number of aliphatic hydroxyl groups is 1. The van der Waals surface area contributed by atoms with Crippen LogP contribution < -0.4 is 0 Å². The summed E-state index contributed by atoms with van der Waals surface area (Å²) in [6.07, 6.45) is 0. The first kappa shape index (κ1) is 11.8. The van der Waals surface area contributed by atoms with Gasteiger partial charge >= 0.3 is 0 Å². The van der Waals surface area contributed by atoms with Gasteiger partial charge in [-0.2, -0.15) is 0 Å². The average molecular weight is 247 g/mol. The summed E-state index contributed by atoms with van der Waals surface area (Å²) in [5.41, 5.74) is -0.859. The molecule has 1 N–H and O–H groups in total. The van der Waals surface area contributed by atoms with Crippen LogP contribution in [0.25, 0.3) is 0 Å². The summed E-state index contributed by atoms with van der Waals surface area (Å²) in [4.78, 5) is 11.6. The summed E-state index contributed by atoms with van der Waals surface area (Å²) in [5.74, 6) is 0. The predicted molar refractivity (Wildman–Crippen MR) is 66.7 cm³/mol. The summed E-state index contributed by atoms with van der Waals surface area (Å²) in [6.45, 7) is 0. The first-order chi connectivity index (χ1) is 8.15. The third-order valence-corrected chi connectivity index (χ3v) is 2.94. The minimum absolute atomic E-state index is 0.464. The molecule has 0 aliphatic heterocycles. The maximum Gasteiger partial charge on any atom is 0.262 e. The van der Waals surface area contributed by atoms with Gasteiger partial charge in [0.25, 0.3) is 5.24 Å². The van der Waals surface area contributed by atoms with E-state index in [1.165, 1.54) is 0 Å². The zero-order valence-corrected chi connectivity index (χ0v) is 9.76. The second kappa shape index (κ2) is 4.70. The van der Waals surface area contributed by atoms with E-state index in [1.807, 2.05) is 12.1 Å². The maximum absolute atomic E-state index is 11.6. The van der Waals surface area contributed by atoms with Gasteiger partial charge in [-0.15, -0.1) is 0 Å². The van der Waals surface area contributed by atoms with E-state index in [4.69, 9.17) is 11.6 Å². The molecule has 0 bridgehead atoms. The monoisotopic (exact) mass is 246 g/mol. The van der Waals surface area contributed by atoms with Gasteiger partial charge in [0.05, 0.1) is 0 Å². The van der Waals surface area contributed by atoms with Gasteiger partial charge in [0.2, 0.25) is 0 Å². The van der Waals surface area contributed by atoms with Crippen LogP contribution in [0.5, 0.6) is 0 Å². The molecule has 0 aliphatic rings. The topological polar surface area (TPSA) is 37.3 Å². The van der Waals surface area contributed by atoms with Crippen molar-refractivity contribution in [2.24, 2.45) is 0 Å². The van der Waals surface area contributed by atoms with Gasteiger partial charge in [-0.25, -0.2) is 0 Å². The van der Waals surface area contributed by atoms with Crippen molar-refractivity contribution in [1.82, 2.24) is 0 Å². The van der Waals surface area contributed by atoms with E-state index in [1.54, 1.807) is 48.5 Å². The fourth-order valence-electron chi connectivity index (χ4n) is 1.75. The highest BCUT2D eigenvalue weighted by Crippen LogP contribution is 2.31. The van der Waals surface area contributed by atoms with Crippen molar-refractivity contribution in [3.63, 3.8) is 0 Å². The third-order valence-electron chi connectivity index (χ3n) is 2.67. The molecule has 17 heavy (non-hydrogen) atoms. The first-order valence-electron chi connectivity index (χ1n) is 5.19. The summed E-state index contributed by atoms with van der Waals surface area (Å²) < 4.78 is 0. The van der Waals surface area contributed by atoms with Crippen molar-refractivity contribution in [1.29, 1.82) is 0 Å². The van der Waals surface area contributed by atoms with Crippen LogP contribution in [0.15, 0.2) is 60.7 Å². The Bertz CT molecular complexity index is 469. The number of rotatable bonds is 3. The van der Waals surface area contributed by atoms with Crippen molar-refractivity contribution >= 4 is 16.8 Å². The number of hydrogen-bond donors (Lipinski definition) is 1. The average Bonchev–Trinajstić information content (AvgIpc) is 2.39. The highest BCUT2D eigenvalue weighted by molar-refractivity contribution is 6.65. The molecule has 0 saturated carbocycles. The molecular weight excluding hydrogens is 236 g/mol. The lowest BCUT2D eigenvalue weighted by atomic mass is 9.87. The van der Waals surface area contributed by atoms with Crippen molar-refractivity contribution in [2.45, 2.75) is 5.60 Å². The molecule has 0 aromatic heterocycles. The summed E-state index contributed by atoms with van der Waals surface area (Å²) in [5, 5.41) is 9.74. The van der Waals surface area contributed by atoms with Crippen LogP contribution in [0.1, 0.15) is 11.1 Å². The number of halogens is 1. The Kier molecular flexibility index (Phi) is 3.27. The fraction of sp³-hybridized carbons (Fsp3) is 0.0714. The van der Waals surface area contributed by atoms with Crippen LogP contribution in [0.2, 0.25) is 0 Å². The van der Waals surface area contributed by atoms with E-state index >= 15 is 0 Å². The minimum atomic E-state index is -1.79. The van der Waals surface area contributed by atoms with E-state index in [2.05, 4.69) is 0 Å². The van der Waals surface area contributed by atoms with Gasteiger partial charge in [-0.3, -0.25) is 4.79 Å². The second-order valence-electron chi connectivity index (χ2n) is 3.72. The number of carbonyl (C=O) groups is 1. The lowest BCUT2D eigenvalue weighted by Crippen LogP contribution is -2.33. The predicted octanol–water partition coefficient (Wildman–Crippen LogP) is 2.69. The van der Waals surface area contributed by atoms with Crippen LogP contribution in [0.4, 0.5) is 0 Å². The van der Waals surface area contributed by atoms with Crippen molar-refractivity contribution in [2.75, 3.05) is 0 Å². The van der Waals surface area contributed by atoms with Crippen molar-refractivity contribution in [3.8, 4) is 0 Å². The number of carbonyl (C=O) groups excluding carboxylic acids is 1. The lowest BCUT2D eigenvalue weighted by Gasteiger charge is -2.24. The molecule has 3 heteroatoms. The molecule has 0 heterocycles. The molecule has 0 unspecified atom stereocenters. The molecule has 0 amide bonds. The van der Waals surface area contributed by atoms with Gasteiger partial charge in [-0.1, -0.05) is 60.7 Å². The van der Waals surface area contributed by atoms with Crippen LogP contribution >= 0.6 is 11.6 Å². The quantitative estimate of drug-likeness (QED) is 0.846. The van der Waals surface area contributed by atoms with E-state index < -0.39 is 10.8 Å². The molecule has 86 valence electrons. The van der Waals surface area contributed by atoms with Crippen LogP contribution in [-0.4, -0.2) is 10.3 Å². The third kappa shape index (κ3) is 2.09. The molecule has 0 aliphatic carbocycles.